The molecule has 0 unspecified atom stereocenters. The van der Waals surface area contributed by atoms with E-state index in [0.717, 1.165) is 37.6 Å². The third-order valence-corrected chi connectivity index (χ3v) is 5.03. The summed E-state index contributed by atoms with van der Waals surface area (Å²) in [6.07, 6.45) is 5.76. The summed E-state index contributed by atoms with van der Waals surface area (Å²) < 4.78 is 11.4. The van der Waals surface area contributed by atoms with E-state index in [4.69, 9.17) is 9.47 Å². The molecular formula is C23H25N3O2. The second-order valence-corrected chi connectivity index (χ2v) is 7.01. The summed E-state index contributed by atoms with van der Waals surface area (Å²) in [5.74, 6) is 1.73. The number of rotatable bonds is 6. The zero-order valence-corrected chi connectivity index (χ0v) is 16.1. The number of methoxy groups -OCH3 is 1. The standard InChI is InChI=1S/C23H25N3O2/c1-27-17-18-3-5-19(6-4-18)20-7-9-21(10-8-20)28-22-11-15-26(16-12-22)23-24-13-2-14-25-23/h2-10,13-14,22H,11-12,15-17H2,1H3. The van der Waals surface area contributed by atoms with E-state index in [9.17, 15) is 0 Å². The Hall–Kier alpha value is -2.92. The first-order valence-corrected chi connectivity index (χ1v) is 9.69. The molecule has 1 aromatic heterocycles. The average Bonchev–Trinajstić information content (AvgIpc) is 2.76. The van der Waals surface area contributed by atoms with Gasteiger partial charge < -0.3 is 14.4 Å². The van der Waals surface area contributed by atoms with Crippen molar-refractivity contribution in [3.63, 3.8) is 0 Å². The van der Waals surface area contributed by atoms with Crippen molar-refractivity contribution < 1.29 is 9.47 Å². The van der Waals surface area contributed by atoms with E-state index >= 15 is 0 Å². The SMILES string of the molecule is COCc1ccc(-c2ccc(OC3CCN(c4ncccn4)CC3)cc2)cc1. The van der Waals surface area contributed by atoms with Crippen LogP contribution in [0.4, 0.5) is 5.95 Å². The Balaban J connectivity index is 1.32. The molecule has 0 saturated carbocycles. The summed E-state index contributed by atoms with van der Waals surface area (Å²) >= 11 is 0. The first-order valence-electron chi connectivity index (χ1n) is 9.69. The van der Waals surface area contributed by atoms with Crippen LogP contribution in [0.1, 0.15) is 18.4 Å². The maximum absolute atomic E-state index is 6.20. The molecule has 144 valence electrons. The molecule has 1 fully saturated rings. The molecule has 0 atom stereocenters. The summed E-state index contributed by atoms with van der Waals surface area (Å²) in [6, 6.07) is 18.7. The number of hydrogen-bond donors (Lipinski definition) is 0. The van der Waals surface area contributed by atoms with Crippen molar-refractivity contribution in [2.75, 3.05) is 25.1 Å². The number of nitrogens with zero attached hydrogens (tertiary/aromatic N) is 3. The van der Waals surface area contributed by atoms with Gasteiger partial charge in [-0.15, -0.1) is 0 Å². The normalized spacial score (nSPS) is 14.8. The fourth-order valence-electron chi connectivity index (χ4n) is 3.51. The zero-order valence-electron chi connectivity index (χ0n) is 16.1. The third-order valence-electron chi connectivity index (χ3n) is 5.03. The van der Waals surface area contributed by atoms with Gasteiger partial charge in [-0.1, -0.05) is 36.4 Å². The predicted molar refractivity (Wildman–Crippen MR) is 110 cm³/mol. The van der Waals surface area contributed by atoms with Gasteiger partial charge in [-0.25, -0.2) is 9.97 Å². The highest BCUT2D eigenvalue weighted by molar-refractivity contribution is 5.64. The molecule has 2 aromatic carbocycles. The van der Waals surface area contributed by atoms with Crippen LogP contribution in [0.5, 0.6) is 5.75 Å². The summed E-state index contributed by atoms with van der Waals surface area (Å²) in [5, 5.41) is 0. The van der Waals surface area contributed by atoms with Crippen LogP contribution >= 0.6 is 0 Å². The number of aromatic nitrogens is 2. The van der Waals surface area contributed by atoms with Crippen LogP contribution in [0.3, 0.4) is 0 Å². The fourth-order valence-corrected chi connectivity index (χ4v) is 3.51. The molecule has 4 rings (SSSR count). The van der Waals surface area contributed by atoms with Crippen molar-refractivity contribution in [1.29, 1.82) is 0 Å². The third kappa shape index (κ3) is 4.49. The lowest BCUT2D eigenvalue weighted by atomic mass is 10.0. The van der Waals surface area contributed by atoms with Gasteiger partial charge in [-0.3, -0.25) is 0 Å². The van der Waals surface area contributed by atoms with Gasteiger partial charge in [0.1, 0.15) is 11.9 Å². The lowest BCUT2D eigenvalue weighted by Crippen LogP contribution is -2.39. The molecule has 1 aliphatic heterocycles. The molecule has 0 spiro atoms. The molecule has 0 N–H and O–H groups in total. The maximum Gasteiger partial charge on any atom is 0.225 e. The highest BCUT2D eigenvalue weighted by atomic mass is 16.5. The minimum absolute atomic E-state index is 0.235. The van der Waals surface area contributed by atoms with Crippen LogP contribution in [0.15, 0.2) is 67.0 Å². The Labute approximate surface area is 166 Å². The molecule has 1 saturated heterocycles. The van der Waals surface area contributed by atoms with Crippen molar-refractivity contribution in [1.82, 2.24) is 9.97 Å². The molecule has 2 heterocycles. The van der Waals surface area contributed by atoms with Gasteiger partial charge in [0.2, 0.25) is 5.95 Å². The van der Waals surface area contributed by atoms with Crippen LogP contribution in [-0.4, -0.2) is 36.3 Å². The number of hydrogen-bond acceptors (Lipinski definition) is 5. The van der Waals surface area contributed by atoms with Crippen molar-refractivity contribution in [2.45, 2.75) is 25.6 Å². The van der Waals surface area contributed by atoms with Gasteiger partial charge in [0.15, 0.2) is 0 Å². The van der Waals surface area contributed by atoms with E-state index in [1.807, 2.05) is 6.07 Å². The van der Waals surface area contributed by atoms with E-state index in [0.29, 0.717) is 6.61 Å². The monoisotopic (exact) mass is 375 g/mol. The minimum atomic E-state index is 0.235. The molecule has 0 radical (unpaired) electrons. The van der Waals surface area contributed by atoms with Gasteiger partial charge in [0.25, 0.3) is 0 Å². The first kappa shape index (κ1) is 18.4. The molecule has 5 nitrogen and oxygen atoms in total. The van der Waals surface area contributed by atoms with Gasteiger partial charge in [0.05, 0.1) is 6.61 Å². The highest BCUT2D eigenvalue weighted by Crippen LogP contribution is 2.25. The molecule has 3 aromatic rings. The summed E-state index contributed by atoms with van der Waals surface area (Å²) in [6.45, 7) is 2.48. The van der Waals surface area contributed by atoms with Crippen LogP contribution in [0.2, 0.25) is 0 Å². The van der Waals surface area contributed by atoms with Gasteiger partial charge in [-0.05, 0) is 34.9 Å². The summed E-state index contributed by atoms with van der Waals surface area (Å²) in [7, 11) is 1.71. The number of piperidine rings is 1. The quantitative estimate of drug-likeness (QED) is 0.641. The van der Waals surface area contributed by atoms with Crippen LogP contribution in [0.25, 0.3) is 11.1 Å². The van der Waals surface area contributed by atoms with Crippen molar-refractivity contribution in [3.8, 4) is 16.9 Å². The molecular weight excluding hydrogens is 350 g/mol. The number of anilines is 1. The van der Waals surface area contributed by atoms with Gasteiger partial charge >= 0.3 is 0 Å². The van der Waals surface area contributed by atoms with Crippen molar-refractivity contribution >= 4 is 5.95 Å². The predicted octanol–water partition coefficient (Wildman–Crippen LogP) is 4.34. The zero-order chi connectivity index (χ0) is 19.2. The van der Waals surface area contributed by atoms with E-state index in [1.165, 1.54) is 16.7 Å². The van der Waals surface area contributed by atoms with E-state index < -0.39 is 0 Å². The van der Waals surface area contributed by atoms with Gasteiger partial charge in [-0.2, -0.15) is 0 Å². The lowest BCUT2D eigenvalue weighted by molar-refractivity contribution is 0.170. The minimum Gasteiger partial charge on any atom is -0.490 e. The van der Waals surface area contributed by atoms with E-state index in [1.54, 1.807) is 19.5 Å². The van der Waals surface area contributed by atoms with E-state index in [2.05, 4.69) is 63.4 Å². The Morgan fingerprint density at radius 1 is 0.893 bits per heavy atom. The Bertz CT molecular complexity index is 859. The smallest absolute Gasteiger partial charge is 0.225 e. The Morgan fingerprint density at radius 2 is 1.50 bits per heavy atom. The average molecular weight is 375 g/mol. The molecule has 0 aliphatic carbocycles. The van der Waals surface area contributed by atoms with Crippen LogP contribution in [-0.2, 0) is 11.3 Å². The maximum atomic E-state index is 6.20. The topological polar surface area (TPSA) is 47.5 Å². The highest BCUT2D eigenvalue weighted by Gasteiger charge is 2.22. The Morgan fingerprint density at radius 3 is 2.11 bits per heavy atom. The van der Waals surface area contributed by atoms with Crippen molar-refractivity contribution in [2.24, 2.45) is 0 Å². The molecule has 0 bridgehead atoms. The summed E-state index contributed by atoms with van der Waals surface area (Å²) in [4.78, 5) is 10.9. The molecule has 5 heteroatoms. The molecule has 1 aliphatic rings. The second-order valence-electron chi connectivity index (χ2n) is 7.01. The summed E-state index contributed by atoms with van der Waals surface area (Å²) in [5.41, 5.74) is 3.56. The molecule has 0 amide bonds. The Kier molecular flexibility index (Phi) is 5.83. The first-order chi connectivity index (χ1) is 13.8. The lowest BCUT2D eigenvalue weighted by Gasteiger charge is -2.32. The second kappa shape index (κ2) is 8.85. The number of benzene rings is 2. The van der Waals surface area contributed by atoms with Crippen molar-refractivity contribution in [3.05, 3.63) is 72.6 Å². The van der Waals surface area contributed by atoms with Crippen LogP contribution in [0, 0.1) is 0 Å². The molecule has 28 heavy (non-hydrogen) atoms. The number of ether oxygens (including phenoxy) is 2. The fraction of sp³-hybridized carbons (Fsp3) is 0.304. The van der Waals surface area contributed by atoms with Crippen LogP contribution < -0.4 is 9.64 Å². The largest absolute Gasteiger partial charge is 0.490 e. The van der Waals surface area contributed by atoms with E-state index in [-0.39, 0.29) is 6.10 Å². The van der Waals surface area contributed by atoms with Gasteiger partial charge in [0, 0.05) is 45.4 Å².